The molecule has 0 spiro atoms. The number of benzene rings is 2. The zero-order valence-electron chi connectivity index (χ0n) is 17.0. The van der Waals surface area contributed by atoms with Crippen molar-refractivity contribution in [2.24, 2.45) is 0 Å². The molecule has 4 rings (SSSR count). The lowest BCUT2D eigenvalue weighted by Gasteiger charge is -2.15. The maximum atomic E-state index is 14.9. The van der Waals surface area contributed by atoms with Gasteiger partial charge in [-0.15, -0.1) is 0 Å². The standard InChI is InChI=1S/C22H19F2N3O5/c1-12(29)25-9-16-10-27(22(30)31-16)14-3-5-17(20(24)7-14)13-2-4-18(19(23)6-13)21-8-15(11-28)32-26-21/h2-8,16,28H,9-11H2,1H3,(H,25,29). The summed E-state index contributed by atoms with van der Waals surface area (Å²) in [7, 11) is 0. The molecule has 1 aliphatic heterocycles. The minimum Gasteiger partial charge on any atom is -0.442 e. The van der Waals surface area contributed by atoms with Crippen molar-refractivity contribution in [2.45, 2.75) is 19.6 Å². The first-order valence-electron chi connectivity index (χ1n) is 9.74. The van der Waals surface area contributed by atoms with Crippen LogP contribution in [-0.4, -0.2) is 41.5 Å². The van der Waals surface area contributed by atoms with E-state index in [-0.39, 0.29) is 53.9 Å². The Kier molecular flexibility index (Phi) is 5.87. The Bertz CT molecular complexity index is 1180. The molecule has 0 aliphatic carbocycles. The van der Waals surface area contributed by atoms with Gasteiger partial charge in [0, 0.05) is 24.1 Å². The smallest absolute Gasteiger partial charge is 0.414 e. The molecule has 8 nitrogen and oxygen atoms in total. The number of aromatic nitrogens is 1. The number of amides is 2. The third-order valence-corrected chi connectivity index (χ3v) is 4.99. The highest BCUT2D eigenvalue weighted by molar-refractivity contribution is 5.90. The van der Waals surface area contributed by atoms with Crippen LogP contribution in [0.5, 0.6) is 0 Å². The molecule has 32 heavy (non-hydrogen) atoms. The zero-order valence-corrected chi connectivity index (χ0v) is 17.0. The van der Waals surface area contributed by atoms with Crippen LogP contribution >= 0.6 is 0 Å². The molecule has 2 amide bonds. The summed E-state index contributed by atoms with van der Waals surface area (Å²) in [5.74, 6) is -1.32. The monoisotopic (exact) mass is 443 g/mol. The van der Waals surface area contributed by atoms with Gasteiger partial charge < -0.3 is 19.7 Å². The fourth-order valence-electron chi connectivity index (χ4n) is 3.41. The van der Waals surface area contributed by atoms with Crippen LogP contribution in [-0.2, 0) is 16.1 Å². The van der Waals surface area contributed by atoms with Crippen LogP contribution in [0, 0.1) is 11.6 Å². The van der Waals surface area contributed by atoms with E-state index in [9.17, 15) is 18.4 Å². The van der Waals surface area contributed by atoms with E-state index in [0.717, 1.165) is 0 Å². The van der Waals surface area contributed by atoms with E-state index in [4.69, 9.17) is 14.4 Å². The number of rotatable bonds is 6. The molecule has 1 fully saturated rings. The molecule has 1 aromatic heterocycles. The predicted octanol–water partition coefficient (Wildman–Crippen LogP) is 3.24. The lowest BCUT2D eigenvalue weighted by atomic mass is 10.0. The molecule has 3 aromatic rings. The van der Waals surface area contributed by atoms with Crippen LogP contribution in [0.1, 0.15) is 12.7 Å². The van der Waals surface area contributed by atoms with Crippen molar-refractivity contribution in [1.82, 2.24) is 10.5 Å². The molecular weight excluding hydrogens is 424 g/mol. The van der Waals surface area contributed by atoms with Gasteiger partial charge in [0.05, 0.1) is 18.8 Å². The summed E-state index contributed by atoms with van der Waals surface area (Å²) >= 11 is 0. The quantitative estimate of drug-likeness (QED) is 0.606. The van der Waals surface area contributed by atoms with Gasteiger partial charge in [-0.1, -0.05) is 11.2 Å². The molecule has 1 aliphatic rings. The number of carbonyl (C=O) groups excluding carboxylic acids is 2. The van der Waals surface area contributed by atoms with Gasteiger partial charge in [0.25, 0.3) is 0 Å². The van der Waals surface area contributed by atoms with Crippen molar-refractivity contribution in [2.75, 3.05) is 18.0 Å². The van der Waals surface area contributed by atoms with Gasteiger partial charge in [-0.25, -0.2) is 13.6 Å². The van der Waals surface area contributed by atoms with Crippen molar-refractivity contribution < 1.29 is 32.7 Å². The molecule has 1 saturated heterocycles. The van der Waals surface area contributed by atoms with E-state index in [1.165, 1.54) is 54.3 Å². The highest BCUT2D eigenvalue weighted by atomic mass is 19.1. The van der Waals surface area contributed by atoms with E-state index in [0.29, 0.717) is 5.56 Å². The molecule has 166 valence electrons. The van der Waals surface area contributed by atoms with Gasteiger partial charge in [0.15, 0.2) is 5.76 Å². The number of nitrogens with one attached hydrogen (secondary N) is 1. The minimum absolute atomic E-state index is 0.151. The molecule has 2 N–H and O–H groups in total. The Balaban J connectivity index is 1.54. The van der Waals surface area contributed by atoms with Crippen molar-refractivity contribution in [3.63, 3.8) is 0 Å². The van der Waals surface area contributed by atoms with Crippen LogP contribution in [0.15, 0.2) is 47.0 Å². The van der Waals surface area contributed by atoms with Crippen LogP contribution in [0.4, 0.5) is 19.3 Å². The average molecular weight is 443 g/mol. The van der Waals surface area contributed by atoms with E-state index >= 15 is 0 Å². The number of hydrogen-bond donors (Lipinski definition) is 2. The summed E-state index contributed by atoms with van der Waals surface area (Å²) in [4.78, 5) is 24.4. The van der Waals surface area contributed by atoms with E-state index in [1.54, 1.807) is 0 Å². The SMILES string of the molecule is CC(=O)NCC1CN(c2ccc(-c3ccc(-c4cc(CO)on4)c(F)c3)c(F)c2)C(=O)O1. The largest absolute Gasteiger partial charge is 0.442 e. The number of carbonyl (C=O) groups is 2. The maximum Gasteiger partial charge on any atom is 0.414 e. The van der Waals surface area contributed by atoms with Crippen molar-refractivity contribution in [1.29, 1.82) is 0 Å². The molecular formula is C22H19F2N3O5. The summed E-state index contributed by atoms with van der Waals surface area (Å²) in [6.45, 7) is 1.32. The van der Waals surface area contributed by atoms with Gasteiger partial charge in [-0.2, -0.15) is 0 Å². The summed E-state index contributed by atoms with van der Waals surface area (Å²) in [6, 6.07) is 9.74. The van der Waals surface area contributed by atoms with E-state index in [1.807, 2.05) is 0 Å². The van der Waals surface area contributed by atoms with Crippen molar-refractivity contribution in [3.8, 4) is 22.4 Å². The normalized spacial score (nSPS) is 15.7. The predicted molar refractivity (Wildman–Crippen MR) is 110 cm³/mol. The minimum atomic E-state index is -0.642. The summed E-state index contributed by atoms with van der Waals surface area (Å²) < 4.78 is 39.6. The van der Waals surface area contributed by atoms with Gasteiger partial charge >= 0.3 is 6.09 Å². The molecule has 0 bridgehead atoms. The third kappa shape index (κ3) is 4.30. The first-order chi connectivity index (χ1) is 15.4. The highest BCUT2D eigenvalue weighted by Gasteiger charge is 2.32. The van der Waals surface area contributed by atoms with Crippen LogP contribution in [0.3, 0.4) is 0 Å². The van der Waals surface area contributed by atoms with Crippen LogP contribution < -0.4 is 10.2 Å². The van der Waals surface area contributed by atoms with Crippen molar-refractivity contribution >= 4 is 17.7 Å². The van der Waals surface area contributed by atoms with Crippen molar-refractivity contribution in [3.05, 3.63) is 59.9 Å². The van der Waals surface area contributed by atoms with Gasteiger partial charge in [0.1, 0.15) is 30.0 Å². The molecule has 0 radical (unpaired) electrons. The number of ether oxygens (including phenoxy) is 1. The number of halogens is 2. The molecule has 1 unspecified atom stereocenters. The second-order valence-electron chi connectivity index (χ2n) is 7.25. The Labute approximate surface area is 181 Å². The summed E-state index contributed by atoms with van der Waals surface area (Å²) in [5.41, 5.74) is 1.11. The lowest BCUT2D eigenvalue weighted by molar-refractivity contribution is -0.119. The van der Waals surface area contributed by atoms with E-state index < -0.39 is 23.8 Å². The Hall–Kier alpha value is -3.79. The highest BCUT2D eigenvalue weighted by Crippen LogP contribution is 2.32. The zero-order chi connectivity index (χ0) is 22.8. The number of cyclic esters (lactones) is 1. The number of aliphatic hydroxyl groups excluding tert-OH is 1. The first-order valence-corrected chi connectivity index (χ1v) is 9.74. The number of anilines is 1. The fourth-order valence-corrected chi connectivity index (χ4v) is 3.41. The third-order valence-electron chi connectivity index (χ3n) is 4.99. The second-order valence-corrected chi connectivity index (χ2v) is 7.25. The van der Waals surface area contributed by atoms with Gasteiger partial charge in [0.2, 0.25) is 5.91 Å². The Morgan fingerprint density at radius 2 is 1.94 bits per heavy atom. The average Bonchev–Trinajstić information content (AvgIpc) is 3.38. The Morgan fingerprint density at radius 1 is 1.19 bits per heavy atom. The topological polar surface area (TPSA) is 105 Å². The number of hydrogen-bond acceptors (Lipinski definition) is 6. The number of nitrogens with zero attached hydrogens (tertiary/aromatic N) is 2. The molecule has 2 heterocycles. The van der Waals surface area contributed by atoms with Crippen LogP contribution in [0.25, 0.3) is 22.4 Å². The fraction of sp³-hybridized carbons (Fsp3) is 0.227. The molecule has 0 saturated carbocycles. The van der Waals surface area contributed by atoms with Crippen LogP contribution in [0.2, 0.25) is 0 Å². The van der Waals surface area contributed by atoms with Gasteiger partial charge in [-0.05, 0) is 35.9 Å². The number of aliphatic hydroxyl groups is 1. The molecule has 2 aromatic carbocycles. The first kappa shape index (κ1) is 21.4. The maximum absolute atomic E-state index is 14.9. The molecule has 10 heteroatoms. The Morgan fingerprint density at radius 3 is 2.59 bits per heavy atom. The second kappa shape index (κ2) is 8.75. The van der Waals surface area contributed by atoms with E-state index in [2.05, 4.69) is 10.5 Å². The lowest BCUT2D eigenvalue weighted by Crippen LogP contribution is -2.33. The van der Waals surface area contributed by atoms with Gasteiger partial charge in [-0.3, -0.25) is 9.69 Å². The summed E-state index contributed by atoms with van der Waals surface area (Å²) in [5, 5.41) is 15.3. The summed E-state index contributed by atoms with van der Waals surface area (Å²) in [6.07, 6.45) is -1.18. The molecule has 1 atom stereocenters.